The average molecular weight is 237 g/mol. The van der Waals surface area contributed by atoms with Crippen molar-refractivity contribution in [2.75, 3.05) is 6.54 Å². The quantitative estimate of drug-likeness (QED) is 0.736. The first-order valence-corrected chi connectivity index (χ1v) is 6.09. The number of carbonyl (C=O) groups is 1. The molecule has 1 saturated carbocycles. The summed E-state index contributed by atoms with van der Waals surface area (Å²) in [6, 6.07) is 1.61. The van der Waals surface area contributed by atoms with Crippen molar-refractivity contribution in [1.82, 2.24) is 15.5 Å². The Morgan fingerprint density at radius 1 is 1.76 bits per heavy atom. The summed E-state index contributed by atoms with van der Waals surface area (Å²) in [7, 11) is 0. The van der Waals surface area contributed by atoms with E-state index in [0.29, 0.717) is 18.2 Å². The van der Waals surface area contributed by atoms with Crippen LogP contribution < -0.4 is 5.32 Å². The van der Waals surface area contributed by atoms with Crippen LogP contribution in [0.2, 0.25) is 0 Å². The van der Waals surface area contributed by atoms with Crippen LogP contribution in [0.25, 0.3) is 0 Å². The fourth-order valence-corrected chi connectivity index (χ4v) is 2.52. The van der Waals surface area contributed by atoms with Gasteiger partial charge in [0.15, 0.2) is 0 Å². The van der Waals surface area contributed by atoms with Gasteiger partial charge in [-0.2, -0.15) is 5.10 Å². The molecule has 0 aliphatic heterocycles. The maximum atomic E-state index is 11.7. The maximum Gasteiger partial charge on any atom is 0.269 e. The second-order valence-electron chi connectivity index (χ2n) is 5.08. The van der Waals surface area contributed by atoms with Crippen LogP contribution in [-0.2, 0) is 0 Å². The van der Waals surface area contributed by atoms with Crippen molar-refractivity contribution in [3.8, 4) is 0 Å². The van der Waals surface area contributed by atoms with Gasteiger partial charge in [-0.05, 0) is 24.8 Å². The van der Waals surface area contributed by atoms with Crippen molar-refractivity contribution in [3.05, 3.63) is 18.0 Å². The summed E-state index contributed by atoms with van der Waals surface area (Å²) < 4.78 is 0. The summed E-state index contributed by atoms with van der Waals surface area (Å²) >= 11 is 0. The van der Waals surface area contributed by atoms with Crippen LogP contribution in [0.15, 0.2) is 12.3 Å². The number of aromatic nitrogens is 2. The van der Waals surface area contributed by atoms with Crippen molar-refractivity contribution >= 4 is 5.91 Å². The molecule has 0 bridgehead atoms. The molecule has 5 heteroatoms. The van der Waals surface area contributed by atoms with Gasteiger partial charge in [-0.1, -0.05) is 19.8 Å². The molecule has 1 aliphatic carbocycles. The Balaban J connectivity index is 1.87. The molecule has 1 aliphatic rings. The summed E-state index contributed by atoms with van der Waals surface area (Å²) in [4.78, 5) is 11.7. The van der Waals surface area contributed by atoms with Crippen LogP contribution in [0.1, 0.15) is 43.1 Å². The predicted octanol–water partition coefficient (Wildman–Crippen LogP) is 1.08. The van der Waals surface area contributed by atoms with Crippen molar-refractivity contribution in [2.45, 2.75) is 38.2 Å². The second-order valence-corrected chi connectivity index (χ2v) is 5.08. The number of hydrogen-bond acceptors (Lipinski definition) is 3. The fraction of sp³-hybridized carbons (Fsp3) is 0.667. The summed E-state index contributed by atoms with van der Waals surface area (Å²) in [5.41, 5.74) is -0.315. The number of aromatic amines is 1. The average Bonchev–Trinajstić information content (AvgIpc) is 2.79. The number of H-pyrrole nitrogens is 1. The first-order valence-electron chi connectivity index (χ1n) is 6.09. The zero-order valence-electron chi connectivity index (χ0n) is 10.1. The lowest BCUT2D eigenvalue weighted by Gasteiger charge is -2.35. The highest BCUT2D eigenvalue weighted by molar-refractivity contribution is 5.92. The molecule has 17 heavy (non-hydrogen) atoms. The van der Waals surface area contributed by atoms with E-state index in [1.54, 1.807) is 6.07 Å². The zero-order chi connectivity index (χ0) is 12.3. The lowest BCUT2D eigenvalue weighted by Crippen LogP contribution is -2.45. The monoisotopic (exact) mass is 237 g/mol. The number of nitrogens with one attached hydrogen (secondary N) is 2. The Kier molecular flexibility index (Phi) is 3.47. The molecule has 0 aromatic carbocycles. The molecule has 2 unspecified atom stereocenters. The fourth-order valence-electron chi connectivity index (χ4n) is 2.52. The summed E-state index contributed by atoms with van der Waals surface area (Å²) in [5.74, 6) is 0.312. The Labute approximate surface area is 101 Å². The molecule has 1 aromatic heterocycles. The molecule has 2 atom stereocenters. The molecule has 1 fully saturated rings. The maximum absolute atomic E-state index is 11.7. The normalized spacial score (nSPS) is 28.9. The molecule has 0 spiro atoms. The van der Waals surface area contributed by atoms with Gasteiger partial charge in [0.05, 0.1) is 5.60 Å². The number of nitrogens with zero attached hydrogens (tertiary/aromatic N) is 1. The van der Waals surface area contributed by atoms with Crippen LogP contribution in [0.4, 0.5) is 0 Å². The number of rotatable bonds is 3. The predicted molar refractivity (Wildman–Crippen MR) is 63.5 cm³/mol. The van der Waals surface area contributed by atoms with Crippen LogP contribution in [-0.4, -0.2) is 33.4 Å². The Bertz CT molecular complexity index is 377. The van der Waals surface area contributed by atoms with Crippen molar-refractivity contribution < 1.29 is 9.90 Å². The van der Waals surface area contributed by atoms with Crippen molar-refractivity contribution in [2.24, 2.45) is 5.92 Å². The zero-order valence-corrected chi connectivity index (χ0v) is 10.1. The first kappa shape index (κ1) is 12.1. The van der Waals surface area contributed by atoms with Gasteiger partial charge in [-0.3, -0.25) is 9.89 Å². The largest absolute Gasteiger partial charge is 0.388 e. The highest BCUT2D eigenvalue weighted by Crippen LogP contribution is 2.31. The Morgan fingerprint density at radius 2 is 2.59 bits per heavy atom. The van der Waals surface area contributed by atoms with Crippen LogP contribution in [0.5, 0.6) is 0 Å². The van der Waals surface area contributed by atoms with E-state index in [2.05, 4.69) is 22.4 Å². The van der Waals surface area contributed by atoms with Crippen molar-refractivity contribution in [1.29, 1.82) is 0 Å². The van der Waals surface area contributed by atoms with Gasteiger partial charge in [0.1, 0.15) is 5.69 Å². The molecule has 1 amide bonds. The summed E-state index contributed by atoms with van der Waals surface area (Å²) in [6.07, 6.45) is 5.25. The molecule has 3 N–H and O–H groups in total. The van der Waals surface area contributed by atoms with Crippen LogP contribution >= 0.6 is 0 Å². The molecule has 0 radical (unpaired) electrons. The molecular formula is C12H19N3O2. The van der Waals surface area contributed by atoms with E-state index in [4.69, 9.17) is 0 Å². The van der Waals surface area contributed by atoms with Gasteiger partial charge >= 0.3 is 0 Å². The summed E-state index contributed by atoms with van der Waals surface area (Å²) in [5, 5.41) is 19.4. The van der Waals surface area contributed by atoms with E-state index in [1.165, 1.54) is 6.20 Å². The molecule has 1 aromatic rings. The minimum absolute atomic E-state index is 0.214. The molecule has 94 valence electrons. The molecule has 2 rings (SSSR count). The van der Waals surface area contributed by atoms with Crippen LogP contribution in [0.3, 0.4) is 0 Å². The SMILES string of the molecule is CC1CCCC(O)(CNC(=O)c2ccn[nH]2)C1. The van der Waals surface area contributed by atoms with Gasteiger partial charge in [-0.15, -0.1) is 0 Å². The second kappa shape index (κ2) is 4.87. The van der Waals surface area contributed by atoms with Gasteiger partial charge in [0.25, 0.3) is 5.91 Å². The van der Waals surface area contributed by atoms with E-state index in [-0.39, 0.29) is 5.91 Å². The van der Waals surface area contributed by atoms with Gasteiger partial charge in [0, 0.05) is 12.7 Å². The Hall–Kier alpha value is -1.36. The lowest BCUT2D eigenvalue weighted by molar-refractivity contribution is -0.0109. The number of hydrogen-bond donors (Lipinski definition) is 3. The molecule has 5 nitrogen and oxygen atoms in total. The van der Waals surface area contributed by atoms with E-state index in [1.807, 2.05) is 0 Å². The standard InChI is InChI=1S/C12H19N3O2/c1-9-3-2-5-12(17,7-9)8-13-11(16)10-4-6-14-15-10/h4,6,9,17H,2-3,5,7-8H2,1H3,(H,13,16)(H,14,15). The topological polar surface area (TPSA) is 78.0 Å². The first-order chi connectivity index (χ1) is 8.09. The van der Waals surface area contributed by atoms with Gasteiger partial charge < -0.3 is 10.4 Å². The third-order valence-electron chi connectivity index (χ3n) is 3.39. The molecule has 1 heterocycles. The van der Waals surface area contributed by atoms with Gasteiger partial charge in [-0.25, -0.2) is 0 Å². The smallest absolute Gasteiger partial charge is 0.269 e. The third kappa shape index (κ3) is 3.06. The number of aliphatic hydroxyl groups is 1. The summed E-state index contributed by atoms with van der Waals surface area (Å²) in [6.45, 7) is 2.45. The third-order valence-corrected chi connectivity index (χ3v) is 3.39. The van der Waals surface area contributed by atoms with Crippen molar-refractivity contribution in [3.63, 3.8) is 0 Å². The van der Waals surface area contributed by atoms with E-state index >= 15 is 0 Å². The molecular weight excluding hydrogens is 218 g/mol. The Morgan fingerprint density at radius 3 is 3.24 bits per heavy atom. The van der Waals surface area contributed by atoms with Crippen LogP contribution in [0, 0.1) is 5.92 Å². The van der Waals surface area contributed by atoms with Gasteiger partial charge in [0.2, 0.25) is 0 Å². The highest BCUT2D eigenvalue weighted by Gasteiger charge is 2.32. The lowest BCUT2D eigenvalue weighted by atomic mass is 9.79. The van der Waals surface area contributed by atoms with E-state index < -0.39 is 5.60 Å². The number of carbonyl (C=O) groups excluding carboxylic acids is 1. The molecule has 0 saturated heterocycles. The van der Waals surface area contributed by atoms with E-state index in [9.17, 15) is 9.90 Å². The minimum atomic E-state index is -0.743. The van der Waals surface area contributed by atoms with E-state index in [0.717, 1.165) is 25.7 Å². The highest BCUT2D eigenvalue weighted by atomic mass is 16.3. The minimum Gasteiger partial charge on any atom is -0.388 e. The number of amides is 1.